The second-order valence-corrected chi connectivity index (χ2v) is 5.19. The zero-order chi connectivity index (χ0) is 15.1. The molecule has 1 saturated heterocycles. The number of likely N-dealkylation sites (tertiary alicyclic amines) is 1. The Balaban J connectivity index is 1.79. The Bertz CT molecular complexity index is 549. The van der Waals surface area contributed by atoms with Crippen LogP contribution in [0.2, 0.25) is 0 Å². The minimum absolute atomic E-state index is 0.0925. The number of nitrogens with zero attached hydrogens (tertiary/aromatic N) is 1. The van der Waals surface area contributed by atoms with Crippen molar-refractivity contribution in [2.45, 2.75) is 19.8 Å². The lowest BCUT2D eigenvalue weighted by molar-refractivity contribution is -0.115. The molecule has 1 fully saturated rings. The summed E-state index contributed by atoms with van der Waals surface area (Å²) in [6.07, 6.45) is 1.83. The molecule has 4 nitrogen and oxygen atoms in total. The zero-order valence-corrected chi connectivity index (χ0v) is 12.3. The van der Waals surface area contributed by atoms with Crippen molar-refractivity contribution in [2.75, 3.05) is 19.6 Å². The Kier molecular flexibility index (Phi) is 5.39. The lowest BCUT2D eigenvalue weighted by Crippen LogP contribution is -2.41. The molecular weight excluding hydrogens is 264 g/mol. The number of nitrogens with one attached hydrogen (secondary N) is 1. The van der Waals surface area contributed by atoms with Crippen LogP contribution in [-0.4, -0.2) is 36.3 Å². The molecule has 0 aliphatic carbocycles. The zero-order valence-electron chi connectivity index (χ0n) is 12.3. The van der Waals surface area contributed by atoms with Crippen molar-refractivity contribution >= 4 is 11.8 Å². The van der Waals surface area contributed by atoms with E-state index in [1.54, 1.807) is 6.92 Å². The van der Waals surface area contributed by atoms with E-state index in [1.165, 1.54) is 0 Å². The molecule has 1 N–H and O–H groups in total. The number of rotatable bonds is 3. The van der Waals surface area contributed by atoms with Gasteiger partial charge in [-0.1, -0.05) is 24.1 Å². The van der Waals surface area contributed by atoms with Crippen LogP contribution >= 0.6 is 0 Å². The van der Waals surface area contributed by atoms with Crippen molar-refractivity contribution < 1.29 is 9.59 Å². The topological polar surface area (TPSA) is 49.4 Å². The lowest BCUT2D eigenvalue weighted by Gasteiger charge is -2.32. The predicted octanol–water partition coefficient (Wildman–Crippen LogP) is 1.68. The van der Waals surface area contributed by atoms with Gasteiger partial charge in [-0.25, -0.2) is 0 Å². The molecule has 110 valence electrons. The van der Waals surface area contributed by atoms with E-state index in [1.807, 2.05) is 35.2 Å². The average Bonchev–Trinajstić information content (AvgIpc) is 2.54. The first-order valence-electron chi connectivity index (χ1n) is 7.25. The van der Waals surface area contributed by atoms with Gasteiger partial charge in [-0.05, 0) is 43.7 Å². The molecule has 0 atom stereocenters. The third kappa shape index (κ3) is 4.35. The molecule has 1 aromatic carbocycles. The molecule has 1 aliphatic rings. The van der Waals surface area contributed by atoms with E-state index in [9.17, 15) is 9.59 Å². The van der Waals surface area contributed by atoms with Gasteiger partial charge in [0, 0.05) is 25.2 Å². The standard InChI is InChI=1S/C17H20N2O2/c1-2-6-16(20)18-13-14-9-11-19(12-10-14)17(21)15-7-4-3-5-8-15/h3-5,7-8,14H,9-13H2,1H3,(H,18,20). The van der Waals surface area contributed by atoms with E-state index in [0.717, 1.165) is 31.5 Å². The van der Waals surface area contributed by atoms with E-state index >= 15 is 0 Å². The van der Waals surface area contributed by atoms with Crippen LogP contribution in [0.4, 0.5) is 0 Å². The maximum atomic E-state index is 12.3. The number of amides is 2. The van der Waals surface area contributed by atoms with Crippen LogP contribution in [0.15, 0.2) is 30.3 Å². The van der Waals surface area contributed by atoms with Crippen LogP contribution in [0, 0.1) is 17.8 Å². The molecule has 0 radical (unpaired) electrons. The molecule has 0 saturated carbocycles. The smallest absolute Gasteiger partial charge is 0.295 e. The summed E-state index contributed by atoms with van der Waals surface area (Å²) < 4.78 is 0. The van der Waals surface area contributed by atoms with Crippen molar-refractivity contribution in [3.8, 4) is 11.8 Å². The highest BCUT2D eigenvalue weighted by Gasteiger charge is 2.23. The number of hydrogen-bond acceptors (Lipinski definition) is 2. The highest BCUT2D eigenvalue weighted by atomic mass is 16.2. The van der Waals surface area contributed by atoms with Gasteiger partial charge in [0.2, 0.25) is 0 Å². The van der Waals surface area contributed by atoms with E-state index < -0.39 is 0 Å². The molecule has 2 rings (SSSR count). The summed E-state index contributed by atoms with van der Waals surface area (Å²) in [4.78, 5) is 25.5. The van der Waals surface area contributed by atoms with Crippen molar-refractivity contribution in [3.05, 3.63) is 35.9 Å². The molecule has 0 unspecified atom stereocenters. The van der Waals surface area contributed by atoms with E-state index in [2.05, 4.69) is 17.2 Å². The first-order valence-corrected chi connectivity index (χ1v) is 7.25. The highest BCUT2D eigenvalue weighted by Crippen LogP contribution is 2.18. The summed E-state index contributed by atoms with van der Waals surface area (Å²) >= 11 is 0. The van der Waals surface area contributed by atoms with Gasteiger partial charge in [0.05, 0.1) is 0 Å². The summed E-state index contributed by atoms with van der Waals surface area (Å²) in [6.45, 7) is 3.77. The summed E-state index contributed by atoms with van der Waals surface area (Å²) in [7, 11) is 0. The first-order chi connectivity index (χ1) is 10.2. The van der Waals surface area contributed by atoms with E-state index in [4.69, 9.17) is 0 Å². The third-order valence-corrected chi connectivity index (χ3v) is 3.71. The van der Waals surface area contributed by atoms with Gasteiger partial charge in [-0.3, -0.25) is 9.59 Å². The van der Waals surface area contributed by atoms with Gasteiger partial charge in [0.1, 0.15) is 0 Å². The van der Waals surface area contributed by atoms with Crippen LogP contribution in [0.1, 0.15) is 30.1 Å². The van der Waals surface area contributed by atoms with Gasteiger partial charge in [0.25, 0.3) is 11.8 Å². The Hall–Kier alpha value is -2.28. The molecule has 21 heavy (non-hydrogen) atoms. The minimum atomic E-state index is -0.222. The fourth-order valence-electron chi connectivity index (χ4n) is 2.50. The number of hydrogen-bond donors (Lipinski definition) is 1. The summed E-state index contributed by atoms with van der Waals surface area (Å²) in [5.74, 6) is 5.34. The molecule has 0 spiro atoms. The number of benzene rings is 1. The lowest BCUT2D eigenvalue weighted by atomic mass is 9.96. The summed E-state index contributed by atoms with van der Waals surface area (Å²) in [5, 5.41) is 2.81. The quantitative estimate of drug-likeness (QED) is 0.859. The fraction of sp³-hybridized carbons (Fsp3) is 0.412. The van der Waals surface area contributed by atoms with E-state index in [0.29, 0.717) is 12.5 Å². The van der Waals surface area contributed by atoms with Gasteiger partial charge in [-0.15, -0.1) is 0 Å². The maximum absolute atomic E-state index is 12.3. The van der Waals surface area contributed by atoms with Gasteiger partial charge in [0.15, 0.2) is 0 Å². The summed E-state index contributed by atoms with van der Waals surface area (Å²) in [6, 6.07) is 9.36. The van der Waals surface area contributed by atoms with Gasteiger partial charge in [-0.2, -0.15) is 0 Å². The molecule has 1 heterocycles. The Morgan fingerprint density at radius 3 is 2.52 bits per heavy atom. The first kappa shape index (κ1) is 15.1. The third-order valence-electron chi connectivity index (χ3n) is 3.71. The van der Waals surface area contributed by atoms with Crippen LogP contribution in [0.3, 0.4) is 0 Å². The highest BCUT2D eigenvalue weighted by molar-refractivity contribution is 5.94. The Morgan fingerprint density at radius 2 is 1.90 bits per heavy atom. The Morgan fingerprint density at radius 1 is 1.24 bits per heavy atom. The van der Waals surface area contributed by atoms with Crippen molar-refractivity contribution in [1.82, 2.24) is 10.2 Å². The second-order valence-electron chi connectivity index (χ2n) is 5.19. The molecule has 1 aliphatic heterocycles. The van der Waals surface area contributed by atoms with Crippen LogP contribution < -0.4 is 5.32 Å². The molecule has 0 bridgehead atoms. The van der Waals surface area contributed by atoms with E-state index in [-0.39, 0.29) is 11.8 Å². The molecule has 4 heteroatoms. The SMILES string of the molecule is CC#CC(=O)NCC1CCN(C(=O)c2ccccc2)CC1. The second kappa shape index (κ2) is 7.49. The monoisotopic (exact) mass is 284 g/mol. The molecule has 2 amide bonds. The fourth-order valence-corrected chi connectivity index (χ4v) is 2.50. The average molecular weight is 284 g/mol. The van der Waals surface area contributed by atoms with Gasteiger partial charge >= 0.3 is 0 Å². The van der Waals surface area contributed by atoms with Crippen LogP contribution in [-0.2, 0) is 4.79 Å². The van der Waals surface area contributed by atoms with Crippen molar-refractivity contribution in [3.63, 3.8) is 0 Å². The number of carbonyl (C=O) groups is 2. The minimum Gasteiger partial charge on any atom is -0.345 e. The molecule has 1 aromatic rings. The van der Waals surface area contributed by atoms with Crippen molar-refractivity contribution in [2.24, 2.45) is 5.92 Å². The Labute approximate surface area is 125 Å². The van der Waals surface area contributed by atoms with Gasteiger partial charge < -0.3 is 10.2 Å². The molecular formula is C17H20N2O2. The maximum Gasteiger partial charge on any atom is 0.295 e. The molecule has 0 aromatic heterocycles. The van der Waals surface area contributed by atoms with Crippen molar-refractivity contribution in [1.29, 1.82) is 0 Å². The van der Waals surface area contributed by atoms with Crippen LogP contribution in [0.5, 0.6) is 0 Å². The number of piperidine rings is 1. The summed E-state index contributed by atoms with van der Waals surface area (Å²) in [5.41, 5.74) is 0.738. The van der Waals surface area contributed by atoms with Crippen LogP contribution in [0.25, 0.3) is 0 Å². The normalized spacial score (nSPS) is 15.0. The predicted molar refractivity (Wildman–Crippen MR) is 81.5 cm³/mol. The largest absolute Gasteiger partial charge is 0.345 e. The number of carbonyl (C=O) groups excluding carboxylic acids is 2.